The fourth-order valence-electron chi connectivity index (χ4n) is 1.51. The zero-order valence-corrected chi connectivity index (χ0v) is 11.2. The number of rotatable bonds is 5. The number of benzene rings is 1. The first-order chi connectivity index (χ1) is 7.98. The van der Waals surface area contributed by atoms with Gasteiger partial charge < -0.3 is 9.26 Å². The van der Waals surface area contributed by atoms with E-state index in [9.17, 15) is 9.36 Å². The van der Waals surface area contributed by atoms with Gasteiger partial charge in [0, 0.05) is 12.8 Å². The highest BCUT2D eigenvalue weighted by Crippen LogP contribution is 2.45. The molecule has 17 heavy (non-hydrogen) atoms. The van der Waals surface area contributed by atoms with E-state index >= 15 is 0 Å². The molecule has 0 aliphatic rings. The smallest absolute Gasteiger partial charge is 0.337 e. The Morgan fingerprint density at radius 2 is 1.88 bits per heavy atom. The highest BCUT2D eigenvalue weighted by atomic mass is 31.2. The van der Waals surface area contributed by atoms with Gasteiger partial charge in [-0.3, -0.25) is 4.57 Å². The van der Waals surface area contributed by atoms with E-state index in [1.165, 1.54) is 7.11 Å². The van der Waals surface area contributed by atoms with Crippen molar-refractivity contribution in [3.05, 3.63) is 35.4 Å². The van der Waals surface area contributed by atoms with Gasteiger partial charge in [0.15, 0.2) is 0 Å². The van der Waals surface area contributed by atoms with Crippen molar-refractivity contribution in [3.63, 3.8) is 0 Å². The SMILES string of the molecule is CCOP(C)(=O)Cc1ccc(C(=O)OC)cc1. The molecule has 0 N–H and O–H groups in total. The van der Waals surface area contributed by atoms with Crippen molar-refractivity contribution in [2.24, 2.45) is 0 Å². The maximum Gasteiger partial charge on any atom is 0.337 e. The minimum atomic E-state index is -2.58. The minimum absolute atomic E-state index is 0.374. The van der Waals surface area contributed by atoms with Crippen LogP contribution in [0.5, 0.6) is 0 Å². The van der Waals surface area contributed by atoms with Crippen molar-refractivity contribution >= 4 is 13.3 Å². The third-order valence-corrected chi connectivity index (χ3v) is 3.99. The summed E-state index contributed by atoms with van der Waals surface area (Å²) >= 11 is 0. The fraction of sp³-hybridized carbons (Fsp3) is 0.417. The Morgan fingerprint density at radius 3 is 2.35 bits per heavy atom. The molecule has 0 heterocycles. The summed E-state index contributed by atoms with van der Waals surface area (Å²) in [4.78, 5) is 11.2. The highest BCUT2D eigenvalue weighted by molar-refractivity contribution is 7.57. The van der Waals surface area contributed by atoms with Gasteiger partial charge in [0.2, 0.25) is 7.37 Å². The van der Waals surface area contributed by atoms with Crippen LogP contribution in [0.4, 0.5) is 0 Å². The van der Waals surface area contributed by atoms with Crippen LogP contribution in [0.3, 0.4) is 0 Å². The van der Waals surface area contributed by atoms with E-state index in [1.54, 1.807) is 30.9 Å². The molecule has 0 spiro atoms. The summed E-state index contributed by atoms with van der Waals surface area (Å²) in [5, 5.41) is 0. The number of methoxy groups -OCH3 is 1. The van der Waals surface area contributed by atoms with Crippen LogP contribution in [0, 0.1) is 0 Å². The number of ether oxygens (including phenoxy) is 1. The zero-order chi connectivity index (χ0) is 12.9. The van der Waals surface area contributed by atoms with Crippen LogP contribution < -0.4 is 0 Å². The van der Waals surface area contributed by atoms with Gasteiger partial charge in [0.25, 0.3) is 0 Å². The Balaban J connectivity index is 2.75. The summed E-state index contributed by atoms with van der Waals surface area (Å²) in [6.07, 6.45) is 0.377. The second-order valence-electron chi connectivity index (χ2n) is 3.78. The quantitative estimate of drug-likeness (QED) is 0.600. The van der Waals surface area contributed by atoms with Crippen LogP contribution in [-0.2, 0) is 20.0 Å². The third kappa shape index (κ3) is 4.33. The van der Waals surface area contributed by atoms with Crippen molar-refractivity contribution in [1.29, 1.82) is 0 Å². The summed E-state index contributed by atoms with van der Waals surface area (Å²) in [6.45, 7) is 3.87. The third-order valence-electron chi connectivity index (χ3n) is 2.25. The summed E-state index contributed by atoms with van der Waals surface area (Å²) in [5.74, 6) is -0.374. The van der Waals surface area contributed by atoms with Gasteiger partial charge in [-0.15, -0.1) is 0 Å². The highest BCUT2D eigenvalue weighted by Gasteiger charge is 2.16. The Hall–Kier alpha value is -1.12. The average Bonchev–Trinajstić information content (AvgIpc) is 2.28. The molecule has 0 aliphatic heterocycles. The lowest BCUT2D eigenvalue weighted by atomic mass is 10.1. The second kappa shape index (κ2) is 5.99. The van der Waals surface area contributed by atoms with Crippen molar-refractivity contribution in [2.75, 3.05) is 20.4 Å². The molecule has 1 rings (SSSR count). The van der Waals surface area contributed by atoms with Crippen LogP contribution in [0.15, 0.2) is 24.3 Å². The van der Waals surface area contributed by atoms with E-state index in [-0.39, 0.29) is 5.97 Å². The second-order valence-corrected chi connectivity index (χ2v) is 6.38. The number of carbonyl (C=O) groups excluding carboxylic acids is 1. The number of hydrogen-bond acceptors (Lipinski definition) is 4. The van der Waals surface area contributed by atoms with E-state index in [2.05, 4.69) is 4.74 Å². The zero-order valence-electron chi connectivity index (χ0n) is 10.3. The molecule has 0 radical (unpaired) electrons. The largest absolute Gasteiger partial charge is 0.465 e. The van der Waals surface area contributed by atoms with Crippen molar-refractivity contribution < 1.29 is 18.6 Å². The Bertz CT molecular complexity index is 425. The number of esters is 1. The van der Waals surface area contributed by atoms with E-state index in [0.717, 1.165) is 5.56 Å². The molecule has 0 fully saturated rings. The summed E-state index contributed by atoms with van der Waals surface area (Å²) in [6, 6.07) is 6.85. The monoisotopic (exact) mass is 256 g/mol. The molecule has 4 nitrogen and oxygen atoms in total. The maximum atomic E-state index is 11.9. The van der Waals surface area contributed by atoms with Crippen molar-refractivity contribution in [1.82, 2.24) is 0 Å². The fourth-order valence-corrected chi connectivity index (χ4v) is 3.03. The first kappa shape index (κ1) is 13.9. The lowest BCUT2D eigenvalue weighted by Crippen LogP contribution is -2.01. The molecule has 1 atom stereocenters. The molecule has 0 aromatic heterocycles. The van der Waals surface area contributed by atoms with Gasteiger partial charge in [-0.1, -0.05) is 12.1 Å². The van der Waals surface area contributed by atoms with Crippen LogP contribution in [0.1, 0.15) is 22.8 Å². The van der Waals surface area contributed by atoms with Gasteiger partial charge in [-0.05, 0) is 24.6 Å². The maximum absolute atomic E-state index is 11.9. The summed E-state index contributed by atoms with van der Waals surface area (Å²) < 4.78 is 21.7. The summed E-state index contributed by atoms with van der Waals surface area (Å²) in [7, 11) is -1.24. The topological polar surface area (TPSA) is 52.6 Å². The first-order valence-electron chi connectivity index (χ1n) is 5.37. The normalized spacial score (nSPS) is 14.1. The minimum Gasteiger partial charge on any atom is -0.465 e. The standard InChI is InChI=1S/C12H17O4P/c1-4-16-17(3,14)9-10-5-7-11(8-6-10)12(13)15-2/h5-8H,4,9H2,1-3H3. The van der Waals surface area contributed by atoms with E-state index < -0.39 is 7.37 Å². The van der Waals surface area contributed by atoms with Gasteiger partial charge in [-0.25, -0.2) is 4.79 Å². The van der Waals surface area contributed by atoms with Crippen LogP contribution in [0.2, 0.25) is 0 Å². The molecule has 0 bridgehead atoms. The number of carbonyl (C=O) groups is 1. The Labute approximate surface area is 101 Å². The molecule has 0 aliphatic carbocycles. The number of hydrogen-bond donors (Lipinski definition) is 0. The van der Waals surface area contributed by atoms with Gasteiger partial charge in [-0.2, -0.15) is 0 Å². The molecule has 1 aromatic rings. The van der Waals surface area contributed by atoms with Crippen LogP contribution in [-0.4, -0.2) is 26.4 Å². The molecular weight excluding hydrogens is 239 g/mol. The van der Waals surface area contributed by atoms with Crippen LogP contribution >= 0.6 is 7.37 Å². The van der Waals surface area contributed by atoms with Crippen molar-refractivity contribution in [2.45, 2.75) is 13.1 Å². The molecule has 1 unspecified atom stereocenters. The van der Waals surface area contributed by atoms with Crippen molar-refractivity contribution in [3.8, 4) is 0 Å². The lowest BCUT2D eigenvalue weighted by molar-refractivity contribution is 0.0600. The summed E-state index contributed by atoms with van der Waals surface area (Å²) in [5.41, 5.74) is 1.37. The molecule has 0 saturated carbocycles. The molecule has 5 heteroatoms. The van der Waals surface area contributed by atoms with Gasteiger partial charge in [0.1, 0.15) is 0 Å². The average molecular weight is 256 g/mol. The van der Waals surface area contributed by atoms with E-state index in [4.69, 9.17) is 4.52 Å². The first-order valence-corrected chi connectivity index (χ1v) is 7.62. The predicted molar refractivity (Wildman–Crippen MR) is 66.6 cm³/mol. The molecular formula is C12H17O4P. The van der Waals surface area contributed by atoms with Crippen LogP contribution in [0.25, 0.3) is 0 Å². The van der Waals surface area contributed by atoms with Gasteiger partial charge in [0.05, 0.1) is 19.3 Å². The molecule has 1 aromatic carbocycles. The van der Waals surface area contributed by atoms with E-state index in [1.807, 2.05) is 6.92 Å². The Morgan fingerprint density at radius 1 is 1.29 bits per heavy atom. The molecule has 0 amide bonds. The molecule has 0 saturated heterocycles. The van der Waals surface area contributed by atoms with Gasteiger partial charge >= 0.3 is 5.97 Å². The van der Waals surface area contributed by atoms with E-state index in [0.29, 0.717) is 18.3 Å². The Kier molecular flexibility index (Phi) is 4.91. The molecule has 94 valence electrons. The predicted octanol–water partition coefficient (Wildman–Crippen LogP) is 2.92. The lowest BCUT2D eigenvalue weighted by Gasteiger charge is -2.12.